The van der Waals surface area contributed by atoms with Crippen LogP contribution in [0.3, 0.4) is 0 Å². The molecule has 1 amide bonds. The van der Waals surface area contributed by atoms with Gasteiger partial charge in [0, 0.05) is 12.8 Å². The molecule has 7 heteroatoms. The van der Waals surface area contributed by atoms with Crippen LogP contribution in [0.4, 0.5) is 13.2 Å². The van der Waals surface area contributed by atoms with E-state index in [1.54, 1.807) is 0 Å². The van der Waals surface area contributed by atoms with Crippen molar-refractivity contribution in [3.05, 3.63) is 29.6 Å². The zero-order valence-electron chi connectivity index (χ0n) is 10.7. The van der Waals surface area contributed by atoms with E-state index >= 15 is 0 Å². The van der Waals surface area contributed by atoms with Crippen LogP contribution in [0.5, 0.6) is 0 Å². The van der Waals surface area contributed by atoms with Crippen molar-refractivity contribution >= 4 is 5.91 Å². The summed E-state index contributed by atoms with van der Waals surface area (Å²) in [6, 6.07) is 2.20. The lowest BCUT2D eigenvalue weighted by atomic mass is 10.1. The van der Waals surface area contributed by atoms with Crippen LogP contribution in [0.1, 0.15) is 30.5 Å². The highest BCUT2D eigenvalue weighted by molar-refractivity contribution is 5.80. The van der Waals surface area contributed by atoms with Crippen LogP contribution < -0.4 is 5.32 Å². The molecular weight excluding hydrogens is 273 g/mol. The number of hydrogen-bond donors (Lipinski definition) is 1. The fraction of sp³-hybridized carbons (Fsp3) is 0.538. The summed E-state index contributed by atoms with van der Waals surface area (Å²) in [7, 11) is 0. The van der Waals surface area contributed by atoms with Gasteiger partial charge in [0.25, 0.3) is 0 Å². The molecule has 0 aromatic carbocycles. The van der Waals surface area contributed by atoms with Gasteiger partial charge in [0.1, 0.15) is 6.10 Å². The second-order valence-corrected chi connectivity index (χ2v) is 4.61. The van der Waals surface area contributed by atoms with Crippen LogP contribution in [-0.4, -0.2) is 23.6 Å². The van der Waals surface area contributed by atoms with Crippen LogP contribution in [0.25, 0.3) is 0 Å². The maximum absolute atomic E-state index is 12.4. The first kappa shape index (κ1) is 14.8. The molecule has 1 atom stereocenters. The molecule has 0 bridgehead atoms. The van der Waals surface area contributed by atoms with Crippen molar-refractivity contribution in [3.8, 4) is 0 Å². The zero-order valence-corrected chi connectivity index (χ0v) is 10.7. The number of aromatic nitrogens is 1. The summed E-state index contributed by atoms with van der Waals surface area (Å²) in [5, 5.41) is 2.62. The summed E-state index contributed by atoms with van der Waals surface area (Å²) in [5.74, 6) is -0.244. The van der Waals surface area contributed by atoms with E-state index in [2.05, 4.69) is 10.3 Å². The Morgan fingerprint density at radius 1 is 1.40 bits per heavy atom. The predicted octanol–water partition coefficient (Wildman–Crippen LogP) is 2.29. The Balaban J connectivity index is 1.86. The van der Waals surface area contributed by atoms with E-state index in [1.807, 2.05) is 0 Å². The zero-order chi connectivity index (χ0) is 14.6. The summed E-state index contributed by atoms with van der Waals surface area (Å²) in [6.07, 6.45) is -1.53. The highest BCUT2D eigenvalue weighted by Gasteiger charge is 2.30. The fourth-order valence-corrected chi connectivity index (χ4v) is 1.94. The van der Waals surface area contributed by atoms with Crippen molar-refractivity contribution in [2.75, 3.05) is 6.61 Å². The Morgan fingerprint density at radius 3 is 2.75 bits per heavy atom. The van der Waals surface area contributed by atoms with Gasteiger partial charge in [0.15, 0.2) is 0 Å². The van der Waals surface area contributed by atoms with Crippen molar-refractivity contribution < 1.29 is 22.7 Å². The molecule has 1 unspecified atom stereocenters. The molecule has 110 valence electrons. The maximum Gasteiger partial charge on any atom is 0.417 e. The second-order valence-electron chi connectivity index (χ2n) is 4.61. The van der Waals surface area contributed by atoms with Crippen molar-refractivity contribution in [2.24, 2.45) is 0 Å². The third kappa shape index (κ3) is 3.93. The van der Waals surface area contributed by atoms with Gasteiger partial charge in [-0.15, -0.1) is 0 Å². The molecule has 1 aromatic rings. The van der Waals surface area contributed by atoms with Gasteiger partial charge in [-0.05, 0) is 31.4 Å². The molecule has 1 saturated heterocycles. The van der Waals surface area contributed by atoms with Crippen molar-refractivity contribution in [3.63, 3.8) is 0 Å². The molecule has 0 aliphatic carbocycles. The fourth-order valence-electron chi connectivity index (χ4n) is 1.94. The van der Waals surface area contributed by atoms with E-state index in [-0.39, 0.29) is 12.5 Å². The van der Waals surface area contributed by atoms with Gasteiger partial charge in [-0.25, -0.2) is 0 Å². The van der Waals surface area contributed by atoms with Crippen LogP contribution in [0.15, 0.2) is 18.3 Å². The molecule has 1 aromatic heterocycles. The highest BCUT2D eigenvalue weighted by Crippen LogP contribution is 2.28. The summed E-state index contributed by atoms with van der Waals surface area (Å²) in [4.78, 5) is 15.4. The molecule has 20 heavy (non-hydrogen) atoms. The minimum Gasteiger partial charge on any atom is -0.368 e. The summed E-state index contributed by atoms with van der Waals surface area (Å²) < 4.78 is 42.4. The highest BCUT2D eigenvalue weighted by atomic mass is 19.4. The monoisotopic (exact) mass is 288 g/mol. The lowest BCUT2D eigenvalue weighted by Crippen LogP contribution is -2.38. The van der Waals surface area contributed by atoms with Gasteiger partial charge in [-0.2, -0.15) is 13.2 Å². The van der Waals surface area contributed by atoms with E-state index in [4.69, 9.17) is 4.74 Å². The normalized spacial score (nSPS) is 19.6. The summed E-state index contributed by atoms with van der Waals surface area (Å²) in [5.41, 5.74) is -0.426. The third-order valence-corrected chi connectivity index (χ3v) is 3.07. The molecule has 0 radical (unpaired) electrons. The number of nitrogens with one attached hydrogen (secondary N) is 1. The van der Waals surface area contributed by atoms with Crippen LogP contribution in [0, 0.1) is 0 Å². The van der Waals surface area contributed by atoms with Gasteiger partial charge in [0.2, 0.25) is 5.91 Å². The summed E-state index contributed by atoms with van der Waals surface area (Å²) >= 11 is 0. The van der Waals surface area contributed by atoms with Gasteiger partial charge >= 0.3 is 6.18 Å². The number of carbonyl (C=O) groups is 1. The summed E-state index contributed by atoms with van der Waals surface area (Å²) in [6.45, 7) is 0.660. The van der Waals surface area contributed by atoms with Gasteiger partial charge in [-0.1, -0.05) is 0 Å². The first-order valence-electron chi connectivity index (χ1n) is 6.38. The topological polar surface area (TPSA) is 51.2 Å². The molecule has 1 aliphatic heterocycles. The van der Waals surface area contributed by atoms with Crippen molar-refractivity contribution in [2.45, 2.75) is 38.1 Å². The lowest BCUT2D eigenvalue weighted by molar-refractivity contribution is -0.138. The molecule has 2 rings (SSSR count). The molecule has 1 N–H and O–H groups in total. The van der Waals surface area contributed by atoms with Crippen LogP contribution >= 0.6 is 0 Å². The van der Waals surface area contributed by atoms with E-state index in [1.165, 1.54) is 6.07 Å². The average Bonchev–Trinajstić information content (AvgIpc) is 2.45. The number of pyridine rings is 1. The number of halogens is 3. The Morgan fingerprint density at radius 2 is 2.20 bits per heavy atom. The molecular formula is C13H15F3N2O2. The number of alkyl halides is 3. The van der Waals surface area contributed by atoms with Gasteiger partial charge in [0.05, 0.1) is 17.8 Å². The smallest absolute Gasteiger partial charge is 0.368 e. The number of carbonyl (C=O) groups excluding carboxylic acids is 1. The molecule has 2 heterocycles. The molecule has 1 fully saturated rings. The van der Waals surface area contributed by atoms with Gasteiger partial charge < -0.3 is 10.1 Å². The Hall–Kier alpha value is -1.63. The minimum atomic E-state index is -4.40. The number of rotatable bonds is 3. The van der Waals surface area contributed by atoms with Gasteiger partial charge in [-0.3, -0.25) is 9.78 Å². The number of nitrogens with zero attached hydrogens (tertiary/aromatic N) is 1. The molecule has 1 aliphatic rings. The van der Waals surface area contributed by atoms with E-state index in [0.29, 0.717) is 18.7 Å². The van der Waals surface area contributed by atoms with Crippen molar-refractivity contribution in [1.29, 1.82) is 0 Å². The Bertz CT molecular complexity index is 454. The predicted molar refractivity (Wildman–Crippen MR) is 64.7 cm³/mol. The Kier molecular flexibility index (Phi) is 4.59. The molecule has 4 nitrogen and oxygen atoms in total. The largest absolute Gasteiger partial charge is 0.417 e. The van der Waals surface area contributed by atoms with E-state index in [0.717, 1.165) is 25.1 Å². The maximum atomic E-state index is 12.4. The second kappa shape index (κ2) is 6.21. The quantitative estimate of drug-likeness (QED) is 0.928. The first-order chi connectivity index (χ1) is 9.47. The first-order valence-corrected chi connectivity index (χ1v) is 6.38. The number of amides is 1. The van der Waals surface area contributed by atoms with Crippen LogP contribution in [-0.2, 0) is 22.3 Å². The molecule has 0 saturated carbocycles. The van der Waals surface area contributed by atoms with E-state index < -0.39 is 17.8 Å². The number of hydrogen-bond acceptors (Lipinski definition) is 3. The number of ether oxygens (including phenoxy) is 1. The lowest BCUT2D eigenvalue weighted by Gasteiger charge is -2.21. The van der Waals surface area contributed by atoms with Crippen molar-refractivity contribution in [1.82, 2.24) is 10.3 Å². The Labute approximate surface area is 114 Å². The average molecular weight is 288 g/mol. The van der Waals surface area contributed by atoms with E-state index in [9.17, 15) is 18.0 Å². The minimum absolute atomic E-state index is 0.0941. The third-order valence-electron chi connectivity index (χ3n) is 3.07. The SMILES string of the molecule is O=C(NCc1ccc(C(F)(F)F)cn1)C1CCCCO1. The standard InChI is InChI=1S/C13H15F3N2O2/c14-13(15,16)9-4-5-10(17-7-9)8-18-12(19)11-3-1-2-6-20-11/h4-5,7,11H,1-3,6,8H2,(H,18,19). The van der Waals surface area contributed by atoms with Crippen LogP contribution in [0.2, 0.25) is 0 Å². The molecule has 0 spiro atoms.